The Morgan fingerprint density at radius 3 is 2.27 bits per heavy atom. The van der Waals surface area contributed by atoms with Gasteiger partial charge in [0.2, 0.25) is 0 Å². The van der Waals surface area contributed by atoms with Gasteiger partial charge in [-0.15, -0.1) is 0 Å². The third-order valence-corrected chi connectivity index (χ3v) is 4.81. The zero-order chi connectivity index (χ0) is 18.8. The minimum Gasteiger partial charge on any atom is -0.345 e. The van der Waals surface area contributed by atoms with Crippen molar-refractivity contribution in [3.8, 4) is 5.82 Å². The number of hydrogen-bond acceptors (Lipinski definition) is 3. The highest BCUT2D eigenvalue weighted by Crippen LogP contribution is 2.17. The van der Waals surface area contributed by atoms with Gasteiger partial charge in [-0.2, -0.15) is 5.10 Å². The maximum Gasteiger partial charge on any atom is 0.253 e. The molecule has 5 nitrogen and oxygen atoms in total. The fraction of sp³-hybridized carbons (Fsp3) is 0.286. The van der Waals surface area contributed by atoms with Crippen LogP contribution in [0.15, 0.2) is 42.6 Å². The summed E-state index contributed by atoms with van der Waals surface area (Å²) in [6, 6.07) is 11.7. The van der Waals surface area contributed by atoms with Crippen molar-refractivity contribution in [2.24, 2.45) is 0 Å². The molecule has 0 aliphatic heterocycles. The van der Waals surface area contributed by atoms with Crippen LogP contribution in [0, 0.1) is 27.7 Å². The van der Waals surface area contributed by atoms with Gasteiger partial charge in [0, 0.05) is 11.9 Å². The average Bonchev–Trinajstić information content (AvgIpc) is 2.89. The summed E-state index contributed by atoms with van der Waals surface area (Å²) in [7, 11) is 0. The molecule has 1 N–H and O–H groups in total. The first-order valence-corrected chi connectivity index (χ1v) is 8.73. The molecule has 1 amide bonds. The van der Waals surface area contributed by atoms with Crippen molar-refractivity contribution in [1.29, 1.82) is 0 Å². The van der Waals surface area contributed by atoms with E-state index in [4.69, 9.17) is 0 Å². The predicted octanol–water partition coefficient (Wildman–Crippen LogP) is 3.99. The normalized spacial score (nSPS) is 12.0. The third-order valence-electron chi connectivity index (χ3n) is 4.81. The Labute approximate surface area is 154 Å². The van der Waals surface area contributed by atoms with Crippen LogP contribution < -0.4 is 5.32 Å². The monoisotopic (exact) mass is 348 g/mol. The number of pyridine rings is 1. The SMILES string of the molecule is Cc1ccc(C(C)NC(=O)c2ccc(-n3nc(C)c(C)c3C)nc2)cc1. The predicted molar refractivity (Wildman–Crippen MR) is 103 cm³/mol. The zero-order valence-corrected chi connectivity index (χ0v) is 15.9. The molecule has 1 unspecified atom stereocenters. The van der Waals surface area contributed by atoms with Crippen molar-refractivity contribution in [3.05, 3.63) is 76.2 Å². The van der Waals surface area contributed by atoms with E-state index in [1.54, 1.807) is 16.9 Å². The Morgan fingerprint density at radius 2 is 1.73 bits per heavy atom. The molecule has 3 rings (SSSR count). The summed E-state index contributed by atoms with van der Waals surface area (Å²) in [6.45, 7) is 10.1. The van der Waals surface area contributed by atoms with Crippen LogP contribution in [-0.2, 0) is 0 Å². The molecule has 2 aromatic heterocycles. The average molecular weight is 348 g/mol. The Balaban J connectivity index is 1.74. The fourth-order valence-corrected chi connectivity index (χ4v) is 2.81. The highest BCUT2D eigenvalue weighted by atomic mass is 16.1. The lowest BCUT2D eigenvalue weighted by molar-refractivity contribution is 0.0939. The number of hydrogen-bond donors (Lipinski definition) is 1. The molecule has 3 aromatic rings. The van der Waals surface area contributed by atoms with E-state index in [2.05, 4.69) is 15.4 Å². The molecular formula is C21H24N4O. The van der Waals surface area contributed by atoms with E-state index in [1.165, 1.54) is 5.56 Å². The number of nitrogens with zero attached hydrogens (tertiary/aromatic N) is 3. The van der Waals surface area contributed by atoms with Crippen molar-refractivity contribution < 1.29 is 4.79 Å². The molecular weight excluding hydrogens is 324 g/mol. The third kappa shape index (κ3) is 3.52. The number of carbonyl (C=O) groups is 1. The molecule has 0 saturated carbocycles. The van der Waals surface area contributed by atoms with Gasteiger partial charge in [-0.25, -0.2) is 9.67 Å². The smallest absolute Gasteiger partial charge is 0.253 e. The maximum absolute atomic E-state index is 12.5. The van der Waals surface area contributed by atoms with Crippen LogP contribution >= 0.6 is 0 Å². The highest BCUT2D eigenvalue weighted by molar-refractivity contribution is 5.94. The van der Waals surface area contributed by atoms with Crippen LogP contribution in [0.1, 0.15) is 51.4 Å². The summed E-state index contributed by atoms with van der Waals surface area (Å²) in [5.74, 6) is 0.573. The van der Waals surface area contributed by atoms with E-state index in [-0.39, 0.29) is 11.9 Å². The number of aromatic nitrogens is 3. The Kier molecular flexibility index (Phi) is 4.89. The van der Waals surface area contributed by atoms with Gasteiger partial charge in [0.15, 0.2) is 5.82 Å². The van der Waals surface area contributed by atoms with Crippen molar-refractivity contribution in [2.45, 2.75) is 40.7 Å². The molecule has 0 spiro atoms. The molecule has 26 heavy (non-hydrogen) atoms. The molecule has 0 fully saturated rings. The molecule has 0 bridgehead atoms. The van der Waals surface area contributed by atoms with Crippen LogP contribution in [0.4, 0.5) is 0 Å². The minimum absolute atomic E-state index is 0.0681. The summed E-state index contributed by atoms with van der Waals surface area (Å²) < 4.78 is 1.81. The first-order chi connectivity index (χ1) is 12.4. The number of nitrogens with one attached hydrogen (secondary N) is 1. The van der Waals surface area contributed by atoms with Crippen LogP contribution in [0.3, 0.4) is 0 Å². The number of aryl methyl sites for hydroxylation is 2. The van der Waals surface area contributed by atoms with Gasteiger partial charge in [-0.1, -0.05) is 29.8 Å². The molecule has 1 aromatic carbocycles. The lowest BCUT2D eigenvalue weighted by Crippen LogP contribution is -2.26. The molecule has 0 saturated heterocycles. The Hall–Kier alpha value is -2.95. The van der Waals surface area contributed by atoms with Crippen LogP contribution in [0.5, 0.6) is 0 Å². The lowest BCUT2D eigenvalue weighted by atomic mass is 10.1. The molecule has 0 aliphatic carbocycles. The van der Waals surface area contributed by atoms with Gasteiger partial charge >= 0.3 is 0 Å². The molecule has 0 radical (unpaired) electrons. The molecule has 134 valence electrons. The topological polar surface area (TPSA) is 59.8 Å². The van der Waals surface area contributed by atoms with Crippen LogP contribution in [-0.4, -0.2) is 20.7 Å². The second-order valence-electron chi connectivity index (χ2n) is 6.72. The van der Waals surface area contributed by atoms with Crippen molar-refractivity contribution in [1.82, 2.24) is 20.1 Å². The van der Waals surface area contributed by atoms with E-state index in [0.717, 1.165) is 22.5 Å². The fourth-order valence-electron chi connectivity index (χ4n) is 2.81. The van der Waals surface area contributed by atoms with Gasteiger partial charge in [0.1, 0.15) is 0 Å². The molecule has 1 atom stereocenters. The van der Waals surface area contributed by atoms with Gasteiger partial charge in [-0.3, -0.25) is 4.79 Å². The van der Waals surface area contributed by atoms with Crippen LogP contribution in [0.2, 0.25) is 0 Å². The molecule has 5 heteroatoms. The first kappa shape index (κ1) is 17.9. The van der Waals surface area contributed by atoms with E-state index < -0.39 is 0 Å². The van der Waals surface area contributed by atoms with E-state index in [9.17, 15) is 4.79 Å². The van der Waals surface area contributed by atoms with Crippen molar-refractivity contribution in [2.75, 3.05) is 0 Å². The number of rotatable bonds is 4. The van der Waals surface area contributed by atoms with Crippen LogP contribution in [0.25, 0.3) is 5.82 Å². The summed E-state index contributed by atoms with van der Waals surface area (Å²) in [4.78, 5) is 16.9. The van der Waals surface area contributed by atoms with E-state index in [0.29, 0.717) is 11.4 Å². The zero-order valence-electron chi connectivity index (χ0n) is 15.9. The van der Waals surface area contributed by atoms with Gasteiger partial charge in [0.25, 0.3) is 5.91 Å². The van der Waals surface area contributed by atoms with Gasteiger partial charge < -0.3 is 5.32 Å². The molecule has 0 aliphatic rings. The summed E-state index contributed by atoms with van der Waals surface area (Å²) in [6.07, 6.45) is 1.60. The Morgan fingerprint density at radius 1 is 1.04 bits per heavy atom. The van der Waals surface area contributed by atoms with Gasteiger partial charge in [0.05, 0.1) is 17.3 Å². The van der Waals surface area contributed by atoms with E-state index >= 15 is 0 Å². The number of benzene rings is 1. The summed E-state index contributed by atoms with van der Waals surface area (Å²) >= 11 is 0. The van der Waals surface area contributed by atoms with Crippen molar-refractivity contribution in [3.63, 3.8) is 0 Å². The second kappa shape index (κ2) is 7.12. The number of amides is 1. The standard InChI is InChI=1S/C21H24N4O/c1-13-6-8-18(9-7-13)16(4)23-21(26)19-10-11-20(22-12-19)25-17(5)14(2)15(3)24-25/h6-12,16H,1-5H3,(H,23,26). The second-order valence-corrected chi connectivity index (χ2v) is 6.72. The molecule has 2 heterocycles. The summed E-state index contributed by atoms with van der Waals surface area (Å²) in [5, 5.41) is 7.52. The number of carbonyl (C=O) groups excluding carboxylic acids is 1. The first-order valence-electron chi connectivity index (χ1n) is 8.73. The minimum atomic E-state index is -0.137. The Bertz CT molecular complexity index is 924. The highest BCUT2D eigenvalue weighted by Gasteiger charge is 2.14. The van der Waals surface area contributed by atoms with Crippen molar-refractivity contribution >= 4 is 5.91 Å². The largest absolute Gasteiger partial charge is 0.345 e. The van der Waals surface area contributed by atoms with Gasteiger partial charge in [-0.05, 0) is 57.9 Å². The summed E-state index contributed by atoms with van der Waals surface area (Å²) in [5.41, 5.74) is 6.00. The lowest BCUT2D eigenvalue weighted by Gasteiger charge is -2.14. The maximum atomic E-state index is 12.5. The quantitative estimate of drug-likeness (QED) is 0.775. The van der Waals surface area contributed by atoms with E-state index in [1.807, 2.05) is 65.0 Å².